The Kier molecular flexibility index (Phi) is 2.82. The lowest BCUT2D eigenvalue weighted by molar-refractivity contribution is -0.160. The summed E-state index contributed by atoms with van der Waals surface area (Å²) in [6, 6.07) is 0. The van der Waals surface area contributed by atoms with E-state index in [1.807, 2.05) is 0 Å². The minimum absolute atomic E-state index is 0.000764. The van der Waals surface area contributed by atoms with Crippen LogP contribution in [-0.4, -0.2) is 34.9 Å². The molecule has 0 amide bonds. The second-order valence-electron chi connectivity index (χ2n) is 1.64. The van der Waals surface area contributed by atoms with Gasteiger partial charge in [-0.15, -0.1) is 0 Å². The highest BCUT2D eigenvalue weighted by molar-refractivity contribution is 5.78. The predicted octanol–water partition coefficient (Wildman–Crippen LogP) is -1.31. The number of carboxylic acids is 1. The molecule has 2 N–H and O–H groups in total. The standard InChI is InChI=1S/C5H6O5/c1-5(9,4(7)8)2-10-3-6/h1,3,9H,2H2,(H,7,8). The lowest BCUT2D eigenvalue weighted by Gasteiger charge is -2.14. The number of aliphatic carboxylic acids is 1. The van der Waals surface area contributed by atoms with Gasteiger partial charge >= 0.3 is 5.97 Å². The summed E-state index contributed by atoms with van der Waals surface area (Å²) < 4.78 is 3.92. The first-order valence-electron chi connectivity index (χ1n) is 2.30. The number of ether oxygens (including phenoxy) is 1. The molecule has 1 unspecified atom stereocenters. The fourth-order valence-corrected chi connectivity index (χ4v) is 0.223. The van der Waals surface area contributed by atoms with E-state index in [1.54, 1.807) is 0 Å². The summed E-state index contributed by atoms with van der Waals surface area (Å²) in [4.78, 5) is 19.4. The number of hydrogen-bond donors (Lipinski definition) is 2. The fourth-order valence-electron chi connectivity index (χ4n) is 0.223. The summed E-state index contributed by atoms with van der Waals surface area (Å²) in [5, 5.41) is 16.7. The van der Waals surface area contributed by atoms with Crippen LogP contribution in [0.1, 0.15) is 0 Å². The molecule has 0 rings (SSSR count). The molecule has 0 fully saturated rings. The molecule has 1 atom stereocenters. The van der Waals surface area contributed by atoms with E-state index in [9.17, 15) is 9.59 Å². The van der Waals surface area contributed by atoms with Gasteiger partial charge in [0.15, 0.2) is 5.60 Å². The van der Waals surface area contributed by atoms with E-state index in [0.717, 1.165) is 0 Å². The smallest absolute Gasteiger partial charge is 0.339 e. The quantitative estimate of drug-likeness (QED) is 0.481. The van der Waals surface area contributed by atoms with Gasteiger partial charge in [-0.05, 0) is 0 Å². The molecule has 10 heavy (non-hydrogen) atoms. The Labute approximate surface area is 57.2 Å². The summed E-state index contributed by atoms with van der Waals surface area (Å²) in [6.07, 6.45) is 0. The first kappa shape index (κ1) is 8.90. The van der Waals surface area contributed by atoms with E-state index in [1.165, 1.54) is 0 Å². The molecule has 5 nitrogen and oxygen atoms in total. The first-order valence-corrected chi connectivity index (χ1v) is 2.30. The molecule has 0 aliphatic rings. The van der Waals surface area contributed by atoms with Crippen LogP contribution in [0.4, 0.5) is 0 Å². The molecule has 0 spiro atoms. The van der Waals surface area contributed by atoms with Crippen LogP contribution >= 0.6 is 0 Å². The Morgan fingerprint density at radius 1 is 1.80 bits per heavy atom. The SMILES string of the molecule is [CH]C(O)(COC=O)C(=O)O. The highest BCUT2D eigenvalue weighted by Gasteiger charge is 2.31. The summed E-state index contributed by atoms with van der Waals surface area (Å²) in [5.74, 6) is -1.64. The van der Waals surface area contributed by atoms with E-state index in [0.29, 0.717) is 0 Å². The molecule has 5 heteroatoms. The van der Waals surface area contributed by atoms with Crippen molar-refractivity contribution >= 4 is 12.4 Å². The minimum Gasteiger partial charge on any atom is -0.479 e. The van der Waals surface area contributed by atoms with Crippen LogP contribution in [-0.2, 0) is 14.3 Å². The molecule has 0 aromatic rings. The number of carbonyl (C=O) groups excluding carboxylic acids is 1. The Balaban J connectivity index is 3.86. The molecule has 0 aromatic heterocycles. The second kappa shape index (κ2) is 3.17. The Bertz CT molecular complexity index is 139. The summed E-state index contributed by atoms with van der Waals surface area (Å²) in [6.45, 7) is 3.96. The highest BCUT2D eigenvalue weighted by atomic mass is 16.5. The van der Waals surface area contributed by atoms with Gasteiger partial charge in [0.2, 0.25) is 0 Å². The first-order chi connectivity index (χ1) is 4.50. The third-order valence-electron chi connectivity index (χ3n) is 0.742. The molecule has 0 aliphatic carbocycles. The van der Waals surface area contributed by atoms with Crippen molar-refractivity contribution in [2.45, 2.75) is 5.60 Å². The average Bonchev–Trinajstić information content (AvgIpc) is 1.84. The van der Waals surface area contributed by atoms with Crippen molar-refractivity contribution in [3.8, 4) is 0 Å². The zero-order chi connectivity index (χ0) is 8.20. The third-order valence-corrected chi connectivity index (χ3v) is 0.742. The zero-order valence-corrected chi connectivity index (χ0v) is 4.98. The van der Waals surface area contributed by atoms with Gasteiger partial charge in [-0.2, -0.15) is 0 Å². The Hall–Kier alpha value is -1.10. The summed E-state index contributed by atoms with van der Waals surface area (Å²) >= 11 is 0. The monoisotopic (exact) mass is 146 g/mol. The lowest BCUT2D eigenvalue weighted by atomic mass is 10.1. The molecule has 0 aromatic carbocycles. The van der Waals surface area contributed by atoms with Gasteiger partial charge in [0, 0.05) is 6.92 Å². The van der Waals surface area contributed by atoms with Crippen molar-refractivity contribution in [3.63, 3.8) is 0 Å². The normalized spacial score (nSPS) is 15.4. The average molecular weight is 146 g/mol. The molecule has 56 valence electrons. The maximum atomic E-state index is 9.96. The topological polar surface area (TPSA) is 83.8 Å². The van der Waals surface area contributed by atoms with Gasteiger partial charge in [-0.25, -0.2) is 4.79 Å². The van der Waals surface area contributed by atoms with Crippen LogP contribution in [0.3, 0.4) is 0 Å². The Morgan fingerprint density at radius 2 is 2.30 bits per heavy atom. The van der Waals surface area contributed by atoms with E-state index in [2.05, 4.69) is 4.74 Å². The zero-order valence-electron chi connectivity index (χ0n) is 4.98. The van der Waals surface area contributed by atoms with Crippen molar-refractivity contribution in [1.29, 1.82) is 0 Å². The van der Waals surface area contributed by atoms with Gasteiger partial charge in [0.05, 0.1) is 0 Å². The van der Waals surface area contributed by atoms with Gasteiger partial charge < -0.3 is 14.9 Å². The molecular formula is C5H6O5. The van der Waals surface area contributed by atoms with Crippen LogP contribution in [0.2, 0.25) is 0 Å². The number of rotatable bonds is 4. The molecule has 0 aliphatic heterocycles. The summed E-state index contributed by atoms with van der Waals surface area (Å²) in [5.41, 5.74) is -2.49. The molecule has 0 saturated heterocycles. The molecule has 2 radical (unpaired) electrons. The van der Waals surface area contributed by atoms with E-state index in [4.69, 9.17) is 17.1 Å². The van der Waals surface area contributed by atoms with Crippen molar-refractivity contribution in [2.24, 2.45) is 0 Å². The van der Waals surface area contributed by atoms with Crippen LogP contribution in [0.25, 0.3) is 0 Å². The highest BCUT2D eigenvalue weighted by Crippen LogP contribution is 2.01. The van der Waals surface area contributed by atoms with Crippen molar-refractivity contribution in [2.75, 3.05) is 6.61 Å². The second-order valence-corrected chi connectivity index (χ2v) is 1.64. The van der Waals surface area contributed by atoms with Crippen LogP contribution in [0, 0.1) is 6.92 Å². The van der Waals surface area contributed by atoms with Crippen molar-refractivity contribution < 1.29 is 24.5 Å². The lowest BCUT2D eigenvalue weighted by Crippen LogP contribution is -2.40. The molecular weight excluding hydrogens is 140 g/mol. The number of carbonyl (C=O) groups is 2. The van der Waals surface area contributed by atoms with Gasteiger partial charge in [-0.3, -0.25) is 4.79 Å². The van der Waals surface area contributed by atoms with Crippen LogP contribution < -0.4 is 0 Å². The minimum atomic E-state index is -2.49. The third kappa shape index (κ3) is 2.45. The van der Waals surface area contributed by atoms with E-state index in [-0.39, 0.29) is 6.47 Å². The number of hydrogen-bond acceptors (Lipinski definition) is 4. The van der Waals surface area contributed by atoms with Gasteiger partial charge in [0.25, 0.3) is 6.47 Å². The fraction of sp³-hybridized carbons (Fsp3) is 0.400. The van der Waals surface area contributed by atoms with Crippen molar-refractivity contribution in [3.05, 3.63) is 6.92 Å². The van der Waals surface area contributed by atoms with Gasteiger partial charge in [0.1, 0.15) is 6.61 Å². The molecule has 0 saturated carbocycles. The van der Waals surface area contributed by atoms with Crippen molar-refractivity contribution in [1.82, 2.24) is 0 Å². The predicted molar refractivity (Wildman–Crippen MR) is 28.9 cm³/mol. The maximum absolute atomic E-state index is 9.96. The van der Waals surface area contributed by atoms with Crippen LogP contribution in [0.5, 0.6) is 0 Å². The van der Waals surface area contributed by atoms with Crippen LogP contribution in [0.15, 0.2) is 0 Å². The van der Waals surface area contributed by atoms with E-state index < -0.39 is 18.2 Å². The van der Waals surface area contributed by atoms with E-state index >= 15 is 0 Å². The number of carboxylic acid groups (broad SMARTS) is 1. The molecule has 0 bridgehead atoms. The summed E-state index contributed by atoms with van der Waals surface area (Å²) in [7, 11) is 0. The molecule has 0 heterocycles. The van der Waals surface area contributed by atoms with Gasteiger partial charge in [-0.1, -0.05) is 0 Å². The Morgan fingerprint density at radius 3 is 2.60 bits per heavy atom. The largest absolute Gasteiger partial charge is 0.479 e. The maximum Gasteiger partial charge on any atom is 0.339 e. The number of aliphatic hydroxyl groups is 1.